The number of hydrogen-bond donors (Lipinski definition) is 1. The minimum atomic E-state index is -1.15. The Bertz CT molecular complexity index is 987. The zero-order valence-electron chi connectivity index (χ0n) is 26.0. The number of nitrogens with zero attached hydrogens (tertiary/aromatic N) is 1. The highest BCUT2D eigenvalue weighted by molar-refractivity contribution is 6.08. The van der Waals surface area contributed by atoms with Crippen LogP contribution in [-0.4, -0.2) is 59.7 Å². The summed E-state index contributed by atoms with van der Waals surface area (Å²) in [5, 5.41) is 14.7. The second-order valence-corrected chi connectivity index (χ2v) is 11.7. The largest absolute Gasteiger partial charge is 0.461 e. The number of ether oxygens (including phenoxy) is 2. The van der Waals surface area contributed by atoms with Crippen LogP contribution in [-0.2, 0) is 33.5 Å². The molecule has 0 bridgehead atoms. The van der Waals surface area contributed by atoms with E-state index in [1.54, 1.807) is 6.08 Å². The highest BCUT2D eigenvalue weighted by Gasteiger charge is 2.46. The molecule has 0 heterocycles. The Morgan fingerprint density at radius 2 is 1.90 bits per heavy atom. The van der Waals surface area contributed by atoms with E-state index in [1.165, 1.54) is 18.9 Å². The molecule has 9 heteroatoms. The van der Waals surface area contributed by atoms with Crippen molar-refractivity contribution in [2.24, 2.45) is 28.8 Å². The number of carbonyl (C=O) groups is 4. The number of aliphatic hydroxyl groups excluding tert-OH is 1. The molecule has 2 aliphatic carbocycles. The van der Waals surface area contributed by atoms with Crippen LogP contribution < -0.4 is 0 Å². The van der Waals surface area contributed by atoms with Crippen LogP contribution in [0.4, 0.5) is 0 Å². The summed E-state index contributed by atoms with van der Waals surface area (Å²) >= 11 is 0. The molecule has 42 heavy (non-hydrogen) atoms. The Hall–Kier alpha value is -2.81. The first-order chi connectivity index (χ1) is 20.1. The second-order valence-electron chi connectivity index (χ2n) is 11.7. The van der Waals surface area contributed by atoms with Crippen molar-refractivity contribution < 1.29 is 38.6 Å². The van der Waals surface area contributed by atoms with Crippen LogP contribution in [0.3, 0.4) is 0 Å². The molecule has 0 spiro atoms. The maximum atomic E-state index is 13.1. The van der Waals surface area contributed by atoms with Crippen molar-refractivity contribution in [3.05, 3.63) is 24.3 Å². The number of hydrogen-bond acceptors (Lipinski definition) is 9. The van der Waals surface area contributed by atoms with E-state index in [2.05, 4.69) is 18.7 Å². The van der Waals surface area contributed by atoms with E-state index >= 15 is 0 Å². The summed E-state index contributed by atoms with van der Waals surface area (Å²) in [7, 11) is 0. The van der Waals surface area contributed by atoms with Gasteiger partial charge in [0.05, 0.1) is 24.2 Å². The quantitative estimate of drug-likeness (QED) is 0.0882. The molecule has 0 radical (unpaired) electrons. The minimum absolute atomic E-state index is 0.0440. The number of fused-ring (bicyclic) bond motifs is 1. The van der Waals surface area contributed by atoms with E-state index in [9.17, 15) is 24.3 Å². The number of ketones is 2. The van der Waals surface area contributed by atoms with Crippen molar-refractivity contribution in [1.82, 2.24) is 0 Å². The molecule has 0 aromatic rings. The minimum Gasteiger partial charge on any atom is -0.461 e. The fourth-order valence-electron chi connectivity index (χ4n) is 5.64. The van der Waals surface area contributed by atoms with Gasteiger partial charge in [-0.1, -0.05) is 64.8 Å². The first kappa shape index (κ1) is 35.4. The van der Waals surface area contributed by atoms with E-state index in [-0.39, 0.29) is 67.1 Å². The van der Waals surface area contributed by atoms with E-state index in [0.717, 1.165) is 24.8 Å². The number of oxime groups is 1. The summed E-state index contributed by atoms with van der Waals surface area (Å²) in [5.74, 6) is -2.30. The van der Waals surface area contributed by atoms with Gasteiger partial charge in [0, 0.05) is 24.7 Å². The Balaban J connectivity index is 2.16. The van der Waals surface area contributed by atoms with Gasteiger partial charge < -0.3 is 19.4 Å². The fraction of sp³-hybridized carbons (Fsp3) is 0.727. The maximum Gasteiger partial charge on any atom is 0.308 e. The van der Waals surface area contributed by atoms with Crippen LogP contribution >= 0.6 is 0 Å². The molecule has 1 fully saturated rings. The van der Waals surface area contributed by atoms with Crippen LogP contribution in [0.1, 0.15) is 105 Å². The van der Waals surface area contributed by atoms with Crippen LogP contribution in [0, 0.1) is 23.7 Å². The zero-order chi connectivity index (χ0) is 31.1. The molecule has 0 aromatic carbocycles. The molecule has 2 rings (SSSR count). The lowest BCUT2D eigenvalue weighted by atomic mass is 9.63. The van der Waals surface area contributed by atoms with Crippen molar-refractivity contribution in [2.75, 3.05) is 13.2 Å². The van der Waals surface area contributed by atoms with Gasteiger partial charge >= 0.3 is 11.9 Å². The van der Waals surface area contributed by atoms with Crippen LogP contribution in [0.5, 0.6) is 0 Å². The average Bonchev–Trinajstić information content (AvgIpc) is 2.96. The summed E-state index contributed by atoms with van der Waals surface area (Å²) in [4.78, 5) is 56.2. The summed E-state index contributed by atoms with van der Waals surface area (Å²) in [6.45, 7) is 11.8. The lowest BCUT2D eigenvalue weighted by Crippen LogP contribution is -2.46. The summed E-state index contributed by atoms with van der Waals surface area (Å²) in [6.07, 6.45) is 8.78. The smallest absolute Gasteiger partial charge is 0.308 e. The van der Waals surface area contributed by atoms with Crippen molar-refractivity contribution in [3.63, 3.8) is 0 Å². The van der Waals surface area contributed by atoms with E-state index < -0.39 is 18.2 Å². The lowest BCUT2D eigenvalue weighted by Gasteiger charge is -2.43. The van der Waals surface area contributed by atoms with E-state index in [4.69, 9.17) is 14.3 Å². The highest BCUT2D eigenvalue weighted by atomic mass is 16.6. The number of rotatable bonds is 19. The van der Waals surface area contributed by atoms with E-state index in [0.29, 0.717) is 38.0 Å². The maximum absolute atomic E-state index is 13.1. The lowest BCUT2D eigenvalue weighted by molar-refractivity contribution is -0.158. The van der Waals surface area contributed by atoms with Crippen molar-refractivity contribution in [2.45, 2.75) is 117 Å². The first-order valence-electron chi connectivity index (χ1n) is 15.7. The number of Topliss-reactive ketones (excluding diaryl/α,β-unsaturated/α-hetero) is 1. The Kier molecular flexibility index (Phi) is 15.7. The SMILES string of the molecule is C=CCOC(=O)CC(O)CC(=O)CCC1C(C)C(=O)C=C2C(=NOCCCCCCC)CCC(OC(=O)C(C)CC)C21. The molecule has 6 unspecified atom stereocenters. The normalized spacial score (nSPS) is 24.3. The first-order valence-corrected chi connectivity index (χ1v) is 15.7. The van der Waals surface area contributed by atoms with Crippen LogP contribution in [0.2, 0.25) is 0 Å². The Labute approximate surface area is 251 Å². The molecule has 0 saturated heterocycles. The van der Waals surface area contributed by atoms with Crippen LogP contribution in [0.25, 0.3) is 0 Å². The molecule has 0 aromatic heterocycles. The number of unbranched alkanes of at least 4 members (excludes halogenated alkanes) is 4. The summed E-state index contributed by atoms with van der Waals surface area (Å²) < 4.78 is 10.9. The van der Waals surface area contributed by atoms with Crippen molar-refractivity contribution in [3.8, 4) is 0 Å². The fourth-order valence-corrected chi connectivity index (χ4v) is 5.64. The summed E-state index contributed by atoms with van der Waals surface area (Å²) in [6, 6.07) is 0. The van der Waals surface area contributed by atoms with Gasteiger partial charge in [-0.2, -0.15) is 0 Å². The number of esters is 2. The van der Waals surface area contributed by atoms with Gasteiger partial charge in [0.25, 0.3) is 0 Å². The molecule has 236 valence electrons. The third kappa shape index (κ3) is 11.1. The van der Waals surface area contributed by atoms with Gasteiger partial charge in [-0.05, 0) is 56.1 Å². The van der Waals surface area contributed by atoms with Gasteiger partial charge in [0.2, 0.25) is 0 Å². The molecule has 0 aliphatic heterocycles. The van der Waals surface area contributed by atoms with Gasteiger partial charge in [-0.15, -0.1) is 0 Å². The van der Waals surface area contributed by atoms with Crippen molar-refractivity contribution in [1.29, 1.82) is 0 Å². The third-order valence-electron chi connectivity index (χ3n) is 8.39. The average molecular weight is 590 g/mol. The molecule has 1 N–H and O–H groups in total. The number of aliphatic hydroxyl groups is 1. The van der Waals surface area contributed by atoms with Crippen LogP contribution in [0.15, 0.2) is 29.5 Å². The molecule has 9 nitrogen and oxygen atoms in total. The van der Waals surface area contributed by atoms with Crippen molar-refractivity contribution >= 4 is 29.2 Å². The number of allylic oxidation sites excluding steroid dienone is 1. The topological polar surface area (TPSA) is 129 Å². The van der Waals surface area contributed by atoms with E-state index in [1.807, 2.05) is 20.8 Å². The summed E-state index contributed by atoms with van der Waals surface area (Å²) in [5.41, 5.74) is 1.44. The highest BCUT2D eigenvalue weighted by Crippen LogP contribution is 2.44. The Morgan fingerprint density at radius 1 is 1.17 bits per heavy atom. The molecule has 2 aliphatic rings. The number of carbonyl (C=O) groups excluding carboxylic acids is 4. The predicted molar refractivity (Wildman–Crippen MR) is 161 cm³/mol. The van der Waals surface area contributed by atoms with Gasteiger partial charge in [-0.25, -0.2) is 0 Å². The molecule has 0 amide bonds. The zero-order valence-corrected chi connectivity index (χ0v) is 26.0. The second kappa shape index (κ2) is 18.7. The third-order valence-corrected chi connectivity index (χ3v) is 8.39. The molecular weight excluding hydrogens is 538 g/mol. The van der Waals surface area contributed by atoms with Gasteiger partial charge in [-0.3, -0.25) is 19.2 Å². The predicted octanol–water partition coefficient (Wildman–Crippen LogP) is 5.68. The standard InChI is InChI=1S/C33H51NO8/c1-6-9-10-11-12-18-41-34-28-15-16-30(42-33(39)22(4)8-3)32-26(23(5)29(37)21-27(28)32)14-13-24(35)19-25(36)20-31(38)40-17-7-2/h7,21-23,25-26,30,32,36H,2,6,8-20H2,1,3-5H3. The molecule has 6 atom stereocenters. The van der Waals surface area contributed by atoms with Gasteiger partial charge in [0.1, 0.15) is 25.1 Å². The Morgan fingerprint density at radius 3 is 2.60 bits per heavy atom. The monoisotopic (exact) mass is 589 g/mol. The molecule has 1 saturated carbocycles. The molecular formula is C33H51NO8. The van der Waals surface area contributed by atoms with Gasteiger partial charge in [0.15, 0.2) is 5.78 Å².